The molecular weight excluding hydrogens is 310 g/mol. The SMILES string of the molecule is O=C1O[C@@H](CSc2nc3cc(F)c(F)cc3[nH]2)CC12CCC2. The quantitative estimate of drug-likeness (QED) is 0.694. The van der Waals surface area contributed by atoms with Crippen molar-refractivity contribution in [1.82, 2.24) is 9.97 Å². The van der Waals surface area contributed by atoms with Crippen LogP contribution in [-0.2, 0) is 9.53 Å². The summed E-state index contributed by atoms with van der Waals surface area (Å²) in [6, 6.07) is 2.17. The summed E-state index contributed by atoms with van der Waals surface area (Å²) in [5.41, 5.74) is 0.617. The molecule has 4 nitrogen and oxygen atoms in total. The highest BCUT2D eigenvalue weighted by Crippen LogP contribution is 2.50. The van der Waals surface area contributed by atoms with Gasteiger partial charge in [-0.25, -0.2) is 13.8 Å². The number of carbonyl (C=O) groups is 1. The zero-order valence-corrected chi connectivity index (χ0v) is 12.5. The lowest BCUT2D eigenvalue weighted by molar-refractivity contribution is -0.151. The van der Waals surface area contributed by atoms with Gasteiger partial charge in [0.15, 0.2) is 16.8 Å². The van der Waals surface area contributed by atoms with E-state index >= 15 is 0 Å². The second-order valence-corrected chi connectivity index (χ2v) is 7.01. The molecule has 0 bridgehead atoms. The molecule has 2 fully saturated rings. The largest absolute Gasteiger partial charge is 0.461 e. The summed E-state index contributed by atoms with van der Waals surface area (Å²) in [7, 11) is 0. The molecule has 2 heterocycles. The van der Waals surface area contributed by atoms with E-state index in [1.54, 1.807) is 0 Å². The third kappa shape index (κ3) is 2.18. The topological polar surface area (TPSA) is 55.0 Å². The van der Waals surface area contributed by atoms with Gasteiger partial charge in [-0.15, -0.1) is 0 Å². The van der Waals surface area contributed by atoms with Gasteiger partial charge in [0, 0.05) is 24.3 Å². The molecule has 1 N–H and O–H groups in total. The van der Waals surface area contributed by atoms with Crippen LogP contribution in [0.5, 0.6) is 0 Å². The maximum absolute atomic E-state index is 13.2. The van der Waals surface area contributed by atoms with E-state index in [-0.39, 0.29) is 17.5 Å². The van der Waals surface area contributed by atoms with Gasteiger partial charge < -0.3 is 9.72 Å². The monoisotopic (exact) mass is 324 g/mol. The molecule has 4 rings (SSSR count). The average Bonchev–Trinajstić information content (AvgIpc) is 2.97. The molecule has 1 aromatic heterocycles. The lowest BCUT2D eigenvalue weighted by Gasteiger charge is -2.33. The number of imidazole rings is 1. The first-order valence-electron chi connectivity index (χ1n) is 7.24. The van der Waals surface area contributed by atoms with Gasteiger partial charge in [0.2, 0.25) is 0 Å². The number of fused-ring (bicyclic) bond motifs is 1. The number of benzene rings is 1. The van der Waals surface area contributed by atoms with E-state index in [0.29, 0.717) is 21.9 Å². The van der Waals surface area contributed by atoms with Crippen LogP contribution in [0.15, 0.2) is 17.3 Å². The number of ether oxygens (including phenoxy) is 1. The Morgan fingerprint density at radius 3 is 2.82 bits per heavy atom. The first-order chi connectivity index (χ1) is 10.6. The second kappa shape index (κ2) is 4.94. The number of cyclic esters (lactones) is 1. The fraction of sp³-hybridized carbons (Fsp3) is 0.467. The van der Waals surface area contributed by atoms with E-state index in [1.165, 1.54) is 11.8 Å². The van der Waals surface area contributed by atoms with Crippen LogP contribution in [0.1, 0.15) is 25.7 Å². The van der Waals surface area contributed by atoms with Crippen molar-refractivity contribution < 1.29 is 18.3 Å². The van der Waals surface area contributed by atoms with Crippen LogP contribution in [-0.4, -0.2) is 27.8 Å². The number of halogens is 2. The van der Waals surface area contributed by atoms with Crippen LogP contribution in [0.2, 0.25) is 0 Å². The number of H-pyrrole nitrogens is 1. The molecule has 1 aromatic carbocycles. The van der Waals surface area contributed by atoms with Crippen molar-refractivity contribution in [2.45, 2.75) is 36.9 Å². The van der Waals surface area contributed by atoms with E-state index in [4.69, 9.17) is 4.74 Å². The maximum atomic E-state index is 13.2. The normalized spacial score (nSPS) is 23.0. The van der Waals surface area contributed by atoms with Gasteiger partial charge in [0.25, 0.3) is 0 Å². The maximum Gasteiger partial charge on any atom is 0.312 e. The van der Waals surface area contributed by atoms with Gasteiger partial charge in [-0.3, -0.25) is 4.79 Å². The first kappa shape index (κ1) is 14.0. The number of nitrogens with zero attached hydrogens (tertiary/aromatic N) is 1. The third-order valence-corrected chi connectivity index (χ3v) is 5.55. The molecule has 0 radical (unpaired) electrons. The number of thioether (sulfide) groups is 1. The number of esters is 1. The van der Waals surface area contributed by atoms with E-state index in [1.807, 2.05) is 0 Å². The number of hydrogen-bond acceptors (Lipinski definition) is 4. The smallest absolute Gasteiger partial charge is 0.312 e. The highest BCUT2D eigenvalue weighted by atomic mass is 32.2. The number of nitrogens with one attached hydrogen (secondary N) is 1. The van der Waals surface area contributed by atoms with Crippen molar-refractivity contribution in [2.24, 2.45) is 5.41 Å². The molecule has 2 aromatic rings. The average molecular weight is 324 g/mol. The highest BCUT2D eigenvalue weighted by molar-refractivity contribution is 7.99. The molecule has 1 atom stereocenters. The highest BCUT2D eigenvalue weighted by Gasteiger charge is 2.52. The van der Waals surface area contributed by atoms with Crippen molar-refractivity contribution in [3.05, 3.63) is 23.8 Å². The minimum absolute atomic E-state index is 0.0712. The van der Waals surface area contributed by atoms with Gasteiger partial charge in [0.1, 0.15) is 6.10 Å². The Morgan fingerprint density at radius 2 is 2.14 bits per heavy atom. The molecule has 2 aliphatic rings. The Bertz CT molecular complexity index is 718. The zero-order valence-electron chi connectivity index (χ0n) is 11.7. The van der Waals surface area contributed by atoms with Gasteiger partial charge >= 0.3 is 5.97 Å². The molecule has 1 saturated carbocycles. The number of carbonyl (C=O) groups excluding carboxylic acids is 1. The van der Waals surface area contributed by atoms with E-state index in [2.05, 4.69) is 9.97 Å². The Kier molecular flexibility index (Phi) is 3.14. The lowest BCUT2D eigenvalue weighted by Crippen LogP contribution is -2.33. The summed E-state index contributed by atoms with van der Waals surface area (Å²) >= 11 is 1.40. The standard InChI is InChI=1S/C15H14F2N2O2S/c16-9-4-11-12(5-10(9)17)19-14(18-11)22-7-8-6-15(2-1-3-15)13(20)21-8/h4-5,8H,1-3,6-7H2,(H,18,19)/t8-/m1/s1. The Balaban J connectivity index is 1.45. The van der Waals surface area contributed by atoms with Crippen molar-refractivity contribution in [1.29, 1.82) is 0 Å². The number of rotatable bonds is 3. The predicted octanol–water partition coefficient (Wildman–Crippen LogP) is 3.42. The van der Waals surface area contributed by atoms with Gasteiger partial charge in [0.05, 0.1) is 16.4 Å². The van der Waals surface area contributed by atoms with Crippen molar-refractivity contribution in [2.75, 3.05) is 5.75 Å². The lowest BCUT2D eigenvalue weighted by atomic mass is 9.67. The Morgan fingerprint density at radius 1 is 1.36 bits per heavy atom. The molecule has 116 valence electrons. The summed E-state index contributed by atoms with van der Waals surface area (Å²) in [6.45, 7) is 0. The van der Waals surface area contributed by atoms with Crippen LogP contribution >= 0.6 is 11.8 Å². The van der Waals surface area contributed by atoms with Crippen molar-refractivity contribution in [3.8, 4) is 0 Å². The third-order valence-electron chi connectivity index (χ3n) is 4.54. The molecular formula is C15H14F2N2O2S. The summed E-state index contributed by atoms with van der Waals surface area (Å²) in [5, 5.41) is 0.575. The fourth-order valence-corrected chi connectivity index (χ4v) is 4.04. The molecule has 7 heteroatoms. The van der Waals surface area contributed by atoms with Crippen LogP contribution in [0.4, 0.5) is 8.78 Å². The van der Waals surface area contributed by atoms with Crippen LogP contribution in [0.25, 0.3) is 11.0 Å². The Hall–Kier alpha value is -1.63. The molecule has 1 aliphatic heterocycles. The Labute approximate surface area is 129 Å². The minimum atomic E-state index is -0.910. The van der Waals surface area contributed by atoms with Crippen LogP contribution < -0.4 is 0 Å². The molecule has 0 unspecified atom stereocenters. The van der Waals surface area contributed by atoms with E-state index in [0.717, 1.165) is 37.8 Å². The number of aromatic nitrogens is 2. The summed E-state index contributed by atoms with van der Waals surface area (Å²) in [5.74, 6) is -1.28. The molecule has 22 heavy (non-hydrogen) atoms. The summed E-state index contributed by atoms with van der Waals surface area (Å²) in [6.07, 6.45) is 3.60. The van der Waals surface area contributed by atoms with Gasteiger partial charge in [-0.05, 0) is 12.8 Å². The fourth-order valence-electron chi connectivity index (χ4n) is 3.16. The van der Waals surface area contributed by atoms with E-state index in [9.17, 15) is 13.6 Å². The summed E-state index contributed by atoms with van der Waals surface area (Å²) < 4.78 is 31.8. The molecule has 1 aliphatic carbocycles. The predicted molar refractivity (Wildman–Crippen MR) is 77.5 cm³/mol. The minimum Gasteiger partial charge on any atom is -0.461 e. The van der Waals surface area contributed by atoms with Crippen LogP contribution in [0, 0.1) is 17.0 Å². The molecule has 1 saturated heterocycles. The van der Waals surface area contributed by atoms with Gasteiger partial charge in [-0.1, -0.05) is 18.2 Å². The molecule has 0 amide bonds. The molecule has 1 spiro atoms. The first-order valence-corrected chi connectivity index (χ1v) is 8.23. The van der Waals surface area contributed by atoms with Crippen molar-refractivity contribution >= 4 is 28.8 Å². The number of hydrogen-bond donors (Lipinski definition) is 1. The van der Waals surface area contributed by atoms with Crippen LogP contribution in [0.3, 0.4) is 0 Å². The van der Waals surface area contributed by atoms with Crippen molar-refractivity contribution in [3.63, 3.8) is 0 Å². The van der Waals surface area contributed by atoms with Gasteiger partial charge in [-0.2, -0.15) is 0 Å². The zero-order chi connectivity index (χ0) is 15.3. The summed E-state index contributed by atoms with van der Waals surface area (Å²) in [4.78, 5) is 19.1. The number of aromatic amines is 1. The van der Waals surface area contributed by atoms with E-state index < -0.39 is 11.6 Å². The second-order valence-electron chi connectivity index (χ2n) is 6.00.